The Morgan fingerprint density at radius 2 is 1.67 bits per heavy atom. The third kappa shape index (κ3) is 2.57. The molecule has 0 bridgehead atoms. The molecule has 0 spiro atoms. The maximum Gasteiger partial charge on any atom is 0.126 e. The Bertz CT molecular complexity index is 599. The van der Waals surface area contributed by atoms with E-state index < -0.39 is 16.5 Å². The third-order valence-corrected chi connectivity index (χ3v) is 3.55. The van der Waals surface area contributed by atoms with Gasteiger partial charge in [0.05, 0.1) is 16.5 Å². The highest BCUT2D eigenvalue weighted by Gasteiger charge is 2.15. The first-order valence-electron chi connectivity index (χ1n) is 5.21. The van der Waals surface area contributed by atoms with Crippen molar-refractivity contribution >= 4 is 15.9 Å². The van der Waals surface area contributed by atoms with Crippen molar-refractivity contribution in [2.24, 2.45) is 0 Å². The standard InChI is InChI=1S/C14H8BrF2N/c15-14(10-5-11(16)7-12(17)6-10)13-4-2-1-3-9(13)8-18/h1-7,14H. The molecule has 0 radical (unpaired) electrons. The van der Waals surface area contributed by atoms with Crippen LogP contribution in [0.3, 0.4) is 0 Å². The summed E-state index contributed by atoms with van der Waals surface area (Å²) in [4.78, 5) is -0.418. The maximum atomic E-state index is 13.2. The van der Waals surface area contributed by atoms with Crippen LogP contribution in [0.5, 0.6) is 0 Å². The Labute approximate surface area is 112 Å². The average Bonchev–Trinajstić information content (AvgIpc) is 2.36. The summed E-state index contributed by atoms with van der Waals surface area (Å²) < 4.78 is 26.3. The van der Waals surface area contributed by atoms with Crippen LogP contribution in [-0.2, 0) is 0 Å². The smallest absolute Gasteiger partial charge is 0.126 e. The molecule has 4 heteroatoms. The second-order valence-electron chi connectivity index (χ2n) is 3.76. The summed E-state index contributed by atoms with van der Waals surface area (Å²) in [5.41, 5.74) is 1.60. The largest absolute Gasteiger partial charge is 0.207 e. The highest BCUT2D eigenvalue weighted by molar-refractivity contribution is 9.09. The number of nitriles is 1. The number of hydrogen-bond donors (Lipinski definition) is 0. The summed E-state index contributed by atoms with van der Waals surface area (Å²) in [6, 6.07) is 12.3. The first-order valence-corrected chi connectivity index (χ1v) is 6.12. The lowest BCUT2D eigenvalue weighted by molar-refractivity contribution is 0.580. The maximum absolute atomic E-state index is 13.2. The van der Waals surface area contributed by atoms with Crippen LogP contribution in [0.15, 0.2) is 42.5 Å². The minimum atomic E-state index is -0.635. The minimum absolute atomic E-state index is 0.418. The van der Waals surface area contributed by atoms with Gasteiger partial charge in [0.25, 0.3) is 0 Å². The number of alkyl halides is 1. The molecule has 0 aliphatic heterocycles. The summed E-state index contributed by atoms with van der Waals surface area (Å²) in [7, 11) is 0. The fourth-order valence-electron chi connectivity index (χ4n) is 1.72. The molecule has 0 aliphatic carbocycles. The molecule has 2 aromatic carbocycles. The number of rotatable bonds is 2. The lowest BCUT2D eigenvalue weighted by Crippen LogP contribution is -1.97. The summed E-state index contributed by atoms with van der Waals surface area (Å²) in [5.74, 6) is -1.27. The second kappa shape index (κ2) is 5.28. The summed E-state index contributed by atoms with van der Waals surface area (Å²) in [6.45, 7) is 0. The van der Waals surface area contributed by atoms with E-state index in [4.69, 9.17) is 5.26 Å². The lowest BCUT2D eigenvalue weighted by atomic mass is 10.00. The Balaban J connectivity index is 2.48. The van der Waals surface area contributed by atoms with Crippen LogP contribution in [0, 0.1) is 23.0 Å². The van der Waals surface area contributed by atoms with Gasteiger partial charge < -0.3 is 0 Å². The van der Waals surface area contributed by atoms with Crippen molar-refractivity contribution in [1.82, 2.24) is 0 Å². The minimum Gasteiger partial charge on any atom is -0.207 e. The summed E-state index contributed by atoms with van der Waals surface area (Å²) in [5, 5.41) is 9.00. The van der Waals surface area contributed by atoms with Gasteiger partial charge >= 0.3 is 0 Å². The van der Waals surface area contributed by atoms with Gasteiger partial charge in [-0.1, -0.05) is 34.1 Å². The molecule has 0 heterocycles. The van der Waals surface area contributed by atoms with Gasteiger partial charge in [0.1, 0.15) is 11.6 Å². The van der Waals surface area contributed by atoms with Gasteiger partial charge in [-0.2, -0.15) is 5.26 Å². The molecule has 1 nitrogen and oxygen atoms in total. The van der Waals surface area contributed by atoms with E-state index in [2.05, 4.69) is 22.0 Å². The molecule has 0 aliphatic rings. The monoisotopic (exact) mass is 307 g/mol. The number of hydrogen-bond acceptors (Lipinski definition) is 1. The molecule has 0 N–H and O–H groups in total. The summed E-state index contributed by atoms with van der Waals surface area (Å²) in [6.07, 6.45) is 0. The molecule has 2 rings (SSSR count). The molecule has 0 saturated heterocycles. The van der Waals surface area contributed by atoms with Gasteiger partial charge in [0, 0.05) is 6.07 Å². The first kappa shape index (κ1) is 12.7. The van der Waals surface area contributed by atoms with Crippen LogP contribution in [-0.4, -0.2) is 0 Å². The second-order valence-corrected chi connectivity index (χ2v) is 4.68. The van der Waals surface area contributed by atoms with Gasteiger partial charge in [-0.15, -0.1) is 0 Å². The van der Waals surface area contributed by atoms with Crippen molar-refractivity contribution in [3.63, 3.8) is 0 Å². The van der Waals surface area contributed by atoms with Gasteiger partial charge in [0.15, 0.2) is 0 Å². The Morgan fingerprint density at radius 1 is 1.06 bits per heavy atom. The van der Waals surface area contributed by atoms with Crippen molar-refractivity contribution in [3.05, 3.63) is 70.8 Å². The summed E-state index contributed by atoms with van der Waals surface area (Å²) >= 11 is 3.37. The fourth-order valence-corrected chi connectivity index (χ4v) is 2.38. The van der Waals surface area contributed by atoms with Crippen molar-refractivity contribution in [2.45, 2.75) is 4.83 Å². The number of benzene rings is 2. The van der Waals surface area contributed by atoms with E-state index in [-0.39, 0.29) is 0 Å². The molecular formula is C14H8BrF2N. The van der Waals surface area contributed by atoms with Crippen molar-refractivity contribution in [3.8, 4) is 6.07 Å². The SMILES string of the molecule is N#Cc1ccccc1C(Br)c1cc(F)cc(F)c1. The molecule has 90 valence electrons. The van der Waals surface area contributed by atoms with E-state index in [1.807, 2.05) is 0 Å². The topological polar surface area (TPSA) is 23.8 Å². The molecule has 1 atom stereocenters. The number of halogens is 3. The molecule has 0 fully saturated rings. The van der Waals surface area contributed by atoms with E-state index in [0.29, 0.717) is 16.7 Å². The molecule has 0 amide bonds. The highest BCUT2D eigenvalue weighted by Crippen LogP contribution is 2.33. The van der Waals surface area contributed by atoms with E-state index in [0.717, 1.165) is 6.07 Å². The Hall–Kier alpha value is -1.73. The molecular weight excluding hydrogens is 300 g/mol. The number of nitrogens with zero attached hydrogens (tertiary/aromatic N) is 1. The molecule has 18 heavy (non-hydrogen) atoms. The van der Waals surface area contributed by atoms with Crippen LogP contribution < -0.4 is 0 Å². The van der Waals surface area contributed by atoms with Crippen LogP contribution in [0.4, 0.5) is 8.78 Å². The van der Waals surface area contributed by atoms with E-state index in [1.165, 1.54) is 12.1 Å². The predicted molar refractivity (Wildman–Crippen MR) is 68.3 cm³/mol. The van der Waals surface area contributed by atoms with Gasteiger partial charge in [-0.05, 0) is 29.3 Å². The third-order valence-electron chi connectivity index (χ3n) is 2.53. The Kier molecular flexibility index (Phi) is 3.73. The Morgan fingerprint density at radius 3 is 2.28 bits per heavy atom. The molecule has 0 aromatic heterocycles. The normalized spacial score (nSPS) is 11.9. The zero-order chi connectivity index (χ0) is 13.1. The van der Waals surface area contributed by atoms with Crippen LogP contribution in [0.25, 0.3) is 0 Å². The average molecular weight is 308 g/mol. The van der Waals surface area contributed by atoms with E-state index in [1.54, 1.807) is 24.3 Å². The van der Waals surface area contributed by atoms with Crippen molar-refractivity contribution in [1.29, 1.82) is 5.26 Å². The van der Waals surface area contributed by atoms with Crippen molar-refractivity contribution < 1.29 is 8.78 Å². The van der Waals surface area contributed by atoms with Gasteiger partial charge in [-0.3, -0.25) is 0 Å². The van der Waals surface area contributed by atoms with Crippen molar-refractivity contribution in [2.75, 3.05) is 0 Å². The van der Waals surface area contributed by atoms with Crippen LogP contribution >= 0.6 is 15.9 Å². The fraction of sp³-hybridized carbons (Fsp3) is 0.0714. The zero-order valence-corrected chi connectivity index (χ0v) is 10.8. The molecule has 1 unspecified atom stereocenters. The zero-order valence-electron chi connectivity index (χ0n) is 9.20. The van der Waals surface area contributed by atoms with Crippen LogP contribution in [0.2, 0.25) is 0 Å². The quantitative estimate of drug-likeness (QED) is 0.758. The predicted octanol–water partition coefficient (Wildman–Crippen LogP) is 4.32. The van der Waals surface area contributed by atoms with E-state index in [9.17, 15) is 8.78 Å². The van der Waals surface area contributed by atoms with E-state index >= 15 is 0 Å². The molecule has 0 saturated carbocycles. The van der Waals surface area contributed by atoms with Crippen LogP contribution in [0.1, 0.15) is 21.5 Å². The van der Waals surface area contributed by atoms with Gasteiger partial charge in [0.2, 0.25) is 0 Å². The van der Waals surface area contributed by atoms with Gasteiger partial charge in [-0.25, -0.2) is 8.78 Å². The highest BCUT2D eigenvalue weighted by atomic mass is 79.9. The lowest BCUT2D eigenvalue weighted by Gasteiger charge is -2.12. The molecule has 2 aromatic rings. The first-order chi connectivity index (χ1) is 8.61.